The zero-order valence-corrected chi connectivity index (χ0v) is 25.9. The Morgan fingerprint density at radius 2 is 1.68 bits per heavy atom. The maximum atomic E-state index is 13.6. The van der Waals surface area contributed by atoms with Gasteiger partial charge in [-0.3, -0.25) is 14.5 Å². The number of nitrogens with zero attached hydrogens (tertiary/aromatic N) is 3. The first-order valence-corrected chi connectivity index (χ1v) is 15.9. The van der Waals surface area contributed by atoms with Gasteiger partial charge in [0.15, 0.2) is 4.34 Å². The van der Waals surface area contributed by atoms with Gasteiger partial charge < -0.3 is 9.84 Å². The summed E-state index contributed by atoms with van der Waals surface area (Å²) in [7, 11) is 0. The van der Waals surface area contributed by atoms with E-state index in [0.717, 1.165) is 16.7 Å². The summed E-state index contributed by atoms with van der Waals surface area (Å²) in [5.41, 5.74) is 4.06. The highest BCUT2D eigenvalue weighted by Gasteiger charge is 2.48. The number of amides is 1. The zero-order chi connectivity index (χ0) is 30.6. The monoisotopic (exact) mass is 639 g/mol. The number of aryl methyl sites for hydroxylation is 1. The van der Waals surface area contributed by atoms with Gasteiger partial charge in [0, 0.05) is 16.3 Å². The molecule has 1 aliphatic heterocycles. The number of hydrogen-bond acceptors (Lipinski definition) is 8. The SMILES string of the molecule is Cc1ccc(/C(O)=C2\C(=O)C(=O)N(c3nnc(SCc4ccc(Cl)cc4)s3)C2c2cccc(OCc3ccccc3)c2)cc1. The van der Waals surface area contributed by atoms with Crippen LogP contribution < -0.4 is 9.64 Å². The molecule has 0 aliphatic carbocycles. The number of anilines is 1. The summed E-state index contributed by atoms with van der Waals surface area (Å²) in [6.45, 7) is 2.28. The van der Waals surface area contributed by atoms with Gasteiger partial charge in [-0.2, -0.15) is 0 Å². The van der Waals surface area contributed by atoms with E-state index in [1.54, 1.807) is 30.3 Å². The van der Waals surface area contributed by atoms with E-state index in [9.17, 15) is 14.7 Å². The fraction of sp³-hybridized carbons (Fsp3) is 0.118. The van der Waals surface area contributed by atoms with E-state index >= 15 is 0 Å². The first-order chi connectivity index (χ1) is 21.4. The number of aromatic nitrogens is 2. The van der Waals surface area contributed by atoms with Crippen LogP contribution >= 0.6 is 34.7 Å². The molecule has 7 nitrogen and oxygen atoms in total. The molecule has 10 heteroatoms. The second-order valence-corrected chi connectivity index (χ2v) is 12.8. The van der Waals surface area contributed by atoms with Crippen molar-refractivity contribution in [2.45, 2.75) is 29.7 Å². The van der Waals surface area contributed by atoms with Crippen molar-refractivity contribution in [3.63, 3.8) is 0 Å². The average Bonchev–Trinajstić information content (AvgIpc) is 3.62. The average molecular weight is 640 g/mol. The quantitative estimate of drug-likeness (QED) is 0.0574. The number of aliphatic hydroxyl groups excluding tert-OH is 1. The van der Waals surface area contributed by atoms with Gasteiger partial charge in [-0.1, -0.05) is 119 Å². The molecule has 0 spiro atoms. The molecule has 1 unspecified atom stereocenters. The van der Waals surface area contributed by atoms with Gasteiger partial charge in [0.05, 0.1) is 11.6 Å². The Kier molecular flexibility index (Phi) is 8.79. The van der Waals surface area contributed by atoms with E-state index in [1.807, 2.05) is 79.7 Å². The summed E-state index contributed by atoms with van der Waals surface area (Å²) in [6, 6.07) is 30.7. The van der Waals surface area contributed by atoms with Crippen LogP contribution in [-0.2, 0) is 21.9 Å². The molecule has 0 saturated carbocycles. The van der Waals surface area contributed by atoms with Crippen molar-refractivity contribution in [3.05, 3.63) is 142 Å². The molecular formula is C34H26ClN3O4S2. The van der Waals surface area contributed by atoms with Gasteiger partial charge in [0.25, 0.3) is 5.78 Å². The molecule has 1 atom stereocenters. The van der Waals surface area contributed by atoms with Crippen LogP contribution in [0, 0.1) is 6.92 Å². The third kappa shape index (κ3) is 6.40. The predicted molar refractivity (Wildman–Crippen MR) is 174 cm³/mol. The smallest absolute Gasteiger partial charge is 0.301 e. The van der Waals surface area contributed by atoms with E-state index in [1.165, 1.54) is 28.0 Å². The van der Waals surface area contributed by atoms with E-state index < -0.39 is 17.7 Å². The second-order valence-electron chi connectivity index (χ2n) is 10.1. The van der Waals surface area contributed by atoms with Gasteiger partial charge in [0.2, 0.25) is 5.13 Å². The van der Waals surface area contributed by atoms with E-state index in [4.69, 9.17) is 16.3 Å². The Hall–Kier alpha value is -4.44. The van der Waals surface area contributed by atoms with Crippen molar-refractivity contribution in [1.82, 2.24) is 10.2 Å². The molecule has 1 aromatic heterocycles. The number of ketones is 1. The lowest BCUT2D eigenvalue weighted by Gasteiger charge is -2.23. The van der Waals surface area contributed by atoms with E-state index in [0.29, 0.717) is 38.6 Å². The molecule has 1 saturated heterocycles. The maximum Gasteiger partial charge on any atom is 0.301 e. The Morgan fingerprint density at radius 1 is 0.932 bits per heavy atom. The lowest BCUT2D eigenvalue weighted by atomic mass is 9.95. The number of Topliss-reactive ketones (excluding diaryl/α,β-unsaturated/α-hetero) is 1. The van der Waals surface area contributed by atoms with Crippen LogP contribution in [0.5, 0.6) is 5.75 Å². The normalized spacial score (nSPS) is 16.0. The molecule has 1 fully saturated rings. The third-order valence-corrected chi connectivity index (χ3v) is 9.45. The van der Waals surface area contributed by atoms with Crippen molar-refractivity contribution in [1.29, 1.82) is 0 Å². The molecule has 0 bridgehead atoms. The van der Waals surface area contributed by atoms with Crippen molar-refractivity contribution in [3.8, 4) is 5.75 Å². The van der Waals surface area contributed by atoms with Crippen LogP contribution in [-0.4, -0.2) is 27.0 Å². The van der Waals surface area contributed by atoms with Gasteiger partial charge in [-0.25, -0.2) is 0 Å². The minimum Gasteiger partial charge on any atom is -0.507 e. The minimum atomic E-state index is -0.946. The molecule has 5 aromatic rings. The number of benzene rings is 4. The van der Waals surface area contributed by atoms with Crippen molar-refractivity contribution in [2.75, 3.05) is 4.90 Å². The third-order valence-electron chi connectivity index (χ3n) is 7.07. The fourth-order valence-electron chi connectivity index (χ4n) is 4.81. The van der Waals surface area contributed by atoms with Gasteiger partial charge in [-0.05, 0) is 47.9 Å². The zero-order valence-electron chi connectivity index (χ0n) is 23.5. The van der Waals surface area contributed by atoms with E-state index in [2.05, 4.69) is 10.2 Å². The molecule has 6 rings (SSSR count). The molecule has 0 radical (unpaired) electrons. The van der Waals surface area contributed by atoms with Crippen LogP contribution in [0.3, 0.4) is 0 Å². The number of ether oxygens (including phenoxy) is 1. The Balaban J connectivity index is 1.36. The van der Waals surface area contributed by atoms with Crippen LogP contribution in [0.1, 0.15) is 33.9 Å². The number of carbonyl (C=O) groups is 2. The molecule has 1 N–H and O–H groups in total. The molecular weight excluding hydrogens is 614 g/mol. The Bertz CT molecular complexity index is 1840. The minimum absolute atomic E-state index is 0.0235. The summed E-state index contributed by atoms with van der Waals surface area (Å²) in [4.78, 5) is 28.5. The van der Waals surface area contributed by atoms with E-state index in [-0.39, 0.29) is 16.5 Å². The Labute approximate surface area is 267 Å². The summed E-state index contributed by atoms with van der Waals surface area (Å²) in [5.74, 6) is -0.654. The summed E-state index contributed by atoms with van der Waals surface area (Å²) >= 11 is 8.69. The topological polar surface area (TPSA) is 92.6 Å². The largest absolute Gasteiger partial charge is 0.507 e. The van der Waals surface area contributed by atoms with Crippen LogP contribution in [0.4, 0.5) is 5.13 Å². The fourth-order valence-corrected chi connectivity index (χ4v) is 6.76. The van der Waals surface area contributed by atoms with Gasteiger partial charge >= 0.3 is 5.91 Å². The van der Waals surface area contributed by atoms with Crippen molar-refractivity contribution >= 4 is 57.3 Å². The molecule has 44 heavy (non-hydrogen) atoms. The number of hydrogen-bond donors (Lipinski definition) is 1. The van der Waals surface area contributed by atoms with Crippen LogP contribution in [0.2, 0.25) is 5.02 Å². The highest BCUT2D eigenvalue weighted by Crippen LogP contribution is 2.44. The standard InChI is InChI=1S/C34H26ClN3O4S2/c1-21-10-14-24(15-11-21)30(39)28-29(25-8-5-9-27(18-25)42-19-22-6-3-2-4-7-22)38(32(41)31(28)40)33-36-37-34(44-33)43-20-23-12-16-26(35)17-13-23/h2-18,29,39H,19-20H2,1H3/b30-28+. The van der Waals surface area contributed by atoms with Crippen molar-refractivity contribution < 1.29 is 19.4 Å². The predicted octanol–water partition coefficient (Wildman–Crippen LogP) is 8.00. The molecule has 4 aromatic carbocycles. The summed E-state index contributed by atoms with van der Waals surface area (Å²) in [5, 5.41) is 21.0. The summed E-state index contributed by atoms with van der Waals surface area (Å²) < 4.78 is 6.70. The van der Waals surface area contributed by atoms with Gasteiger partial charge in [-0.15, -0.1) is 10.2 Å². The highest BCUT2D eigenvalue weighted by molar-refractivity contribution is 8.00. The summed E-state index contributed by atoms with van der Waals surface area (Å²) in [6.07, 6.45) is 0. The number of carbonyl (C=O) groups excluding carboxylic acids is 2. The lowest BCUT2D eigenvalue weighted by Crippen LogP contribution is -2.29. The first-order valence-electron chi connectivity index (χ1n) is 13.7. The highest BCUT2D eigenvalue weighted by atomic mass is 35.5. The molecule has 1 amide bonds. The molecule has 2 heterocycles. The second kappa shape index (κ2) is 13.1. The van der Waals surface area contributed by atoms with Crippen molar-refractivity contribution in [2.24, 2.45) is 0 Å². The molecule has 1 aliphatic rings. The maximum absolute atomic E-state index is 13.6. The Morgan fingerprint density at radius 3 is 2.43 bits per heavy atom. The van der Waals surface area contributed by atoms with Gasteiger partial charge in [0.1, 0.15) is 18.1 Å². The molecule has 220 valence electrons. The van der Waals surface area contributed by atoms with Crippen LogP contribution in [0.15, 0.2) is 113 Å². The van der Waals surface area contributed by atoms with Crippen LogP contribution in [0.25, 0.3) is 5.76 Å². The first kappa shape index (κ1) is 29.6. The number of halogens is 1. The number of rotatable bonds is 9. The number of aliphatic hydroxyl groups is 1. The number of thioether (sulfide) groups is 1. The lowest BCUT2D eigenvalue weighted by molar-refractivity contribution is -0.132.